The van der Waals surface area contributed by atoms with E-state index < -0.39 is 18.0 Å². The molecule has 0 aliphatic carbocycles. The summed E-state index contributed by atoms with van der Waals surface area (Å²) >= 11 is 0. The number of hydrogen-bond donors (Lipinski definition) is 1. The van der Waals surface area contributed by atoms with E-state index in [-0.39, 0.29) is 11.5 Å². The molecule has 0 bridgehead atoms. The molecule has 0 saturated carbocycles. The first-order valence-corrected chi connectivity index (χ1v) is 6.93. The van der Waals surface area contributed by atoms with Gasteiger partial charge in [-0.3, -0.25) is 9.59 Å². The Morgan fingerprint density at radius 1 is 1.22 bits per heavy atom. The number of Topliss-reactive ketones (excluding diaryl/α,β-unsaturated/α-hetero) is 1. The molecule has 7 heteroatoms. The van der Waals surface area contributed by atoms with Crippen molar-refractivity contribution in [3.63, 3.8) is 0 Å². The van der Waals surface area contributed by atoms with E-state index in [4.69, 9.17) is 9.26 Å². The number of carbonyl (C=O) groups is 3. The fourth-order valence-corrected chi connectivity index (χ4v) is 1.76. The summed E-state index contributed by atoms with van der Waals surface area (Å²) in [5.41, 5.74) is 1.58. The van der Waals surface area contributed by atoms with E-state index >= 15 is 0 Å². The van der Waals surface area contributed by atoms with E-state index in [0.717, 1.165) is 0 Å². The van der Waals surface area contributed by atoms with Crippen LogP contribution in [0.4, 0.5) is 5.69 Å². The standard InChI is InChI=1S/C16H16N2O5/c1-9-8-14(23-18-9)16(21)22-11(3)15(20)17-13-6-4-12(5-7-13)10(2)19/h4-8,11H,1-3H3,(H,17,20)/t11-/m1/s1. The van der Waals surface area contributed by atoms with Gasteiger partial charge in [-0.1, -0.05) is 5.16 Å². The van der Waals surface area contributed by atoms with Crippen molar-refractivity contribution < 1.29 is 23.6 Å². The maximum absolute atomic E-state index is 12.0. The molecule has 1 atom stereocenters. The second-order valence-corrected chi connectivity index (χ2v) is 5.00. The van der Waals surface area contributed by atoms with E-state index in [1.807, 2.05) is 0 Å². The van der Waals surface area contributed by atoms with Crippen LogP contribution in [-0.4, -0.2) is 28.9 Å². The van der Waals surface area contributed by atoms with Crippen LogP contribution in [0.5, 0.6) is 0 Å². The highest BCUT2D eigenvalue weighted by Gasteiger charge is 2.21. The molecule has 1 aromatic heterocycles. The Balaban J connectivity index is 1.94. The van der Waals surface area contributed by atoms with E-state index in [1.165, 1.54) is 19.9 Å². The number of rotatable bonds is 5. The number of nitrogens with one attached hydrogen (secondary N) is 1. The van der Waals surface area contributed by atoms with Gasteiger partial charge in [0.15, 0.2) is 11.9 Å². The number of aromatic nitrogens is 1. The molecule has 1 amide bonds. The number of anilines is 1. The highest BCUT2D eigenvalue weighted by Crippen LogP contribution is 2.12. The number of esters is 1. The Labute approximate surface area is 132 Å². The third-order valence-corrected chi connectivity index (χ3v) is 3.04. The summed E-state index contributed by atoms with van der Waals surface area (Å²) in [4.78, 5) is 35.0. The van der Waals surface area contributed by atoms with E-state index in [9.17, 15) is 14.4 Å². The van der Waals surface area contributed by atoms with Crippen molar-refractivity contribution in [3.05, 3.63) is 47.3 Å². The maximum atomic E-state index is 12.0. The van der Waals surface area contributed by atoms with Crippen molar-refractivity contribution in [1.82, 2.24) is 5.16 Å². The smallest absolute Gasteiger partial charge is 0.377 e. The fourth-order valence-electron chi connectivity index (χ4n) is 1.76. The van der Waals surface area contributed by atoms with Crippen LogP contribution in [0.25, 0.3) is 0 Å². The molecular formula is C16H16N2O5. The van der Waals surface area contributed by atoms with E-state index in [1.54, 1.807) is 31.2 Å². The lowest BCUT2D eigenvalue weighted by Crippen LogP contribution is -2.29. The van der Waals surface area contributed by atoms with Gasteiger partial charge in [-0.2, -0.15) is 0 Å². The third kappa shape index (κ3) is 4.26. The van der Waals surface area contributed by atoms with Gasteiger partial charge in [-0.25, -0.2) is 4.79 Å². The van der Waals surface area contributed by atoms with E-state index in [2.05, 4.69) is 10.5 Å². The van der Waals surface area contributed by atoms with Crippen molar-refractivity contribution in [2.45, 2.75) is 26.9 Å². The first-order valence-electron chi connectivity index (χ1n) is 6.93. The summed E-state index contributed by atoms with van der Waals surface area (Å²) in [6.07, 6.45) is -1.01. The Hall–Kier alpha value is -2.96. The number of benzene rings is 1. The van der Waals surface area contributed by atoms with Crippen molar-refractivity contribution in [1.29, 1.82) is 0 Å². The molecule has 1 aromatic carbocycles. The second-order valence-electron chi connectivity index (χ2n) is 5.00. The van der Waals surface area contributed by atoms with Crippen LogP contribution < -0.4 is 5.32 Å². The molecule has 120 valence electrons. The summed E-state index contributed by atoms with van der Waals surface area (Å²) in [7, 11) is 0. The van der Waals surface area contributed by atoms with Crippen molar-refractivity contribution in [2.24, 2.45) is 0 Å². The molecule has 0 aliphatic rings. The van der Waals surface area contributed by atoms with Crippen molar-refractivity contribution in [3.8, 4) is 0 Å². The minimum absolute atomic E-state index is 0.0621. The van der Waals surface area contributed by atoms with Crippen LogP contribution in [0.1, 0.15) is 40.5 Å². The molecule has 7 nitrogen and oxygen atoms in total. The monoisotopic (exact) mass is 316 g/mol. The van der Waals surface area contributed by atoms with Crippen LogP contribution in [0.3, 0.4) is 0 Å². The number of nitrogens with zero attached hydrogens (tertiary/aromatic N) is 1. The Bertz CT molecular complexity index is 733. The highest BCUT2D eigenvalue weighted by molar-refractivity contribution is 5.98. The zero-order chi connectivity index (χ0) is 17.0. The number of amides is 1. The maximum Gasteiger partial charge on any atom is 0.377 e. The number of ketones is 1. The summed E-state index contributed by atoms with van der Waals surface area (Å²) in [5, 5.41) is 6.17. The second kappa shape index (κ2) is 6.87. The molecule has 2 aromatic rings. The quantitative estimate of drug-likeness (QED) is 0.671. The lowest BCUT2D eigenvalue weighted by atomic mass is 10.1. The minimum Gasteiger partial charge on any atom is -0.447 e. The van der Waals surface area contributed by atoms with Crippen LogP contribution in [-0.2, 0) is 9.53 Å². The van der Waals surface area contributed by atoms with Crippen LogP contribution in [0.15, 0.2) is 34.9 Å². The summed E-state index contributed by atoms with van der Waals surface area (Å²) < 4.78 is 9.78. The molecule has 2 rings (SSSR count). The molecule has 23 heavy (non-hydrogen) atoms. The number of aryl methyl sites for hydroxylation is 1. The molecule has 1 heterocycles. The van der Waals surface area contributed by atoms with Crippen molar-refractivity contribution in [2.75, 3.05) is 5.32 Å². The summed E-state index contributed by atoms with van der Waals surface area (Å²) in [5.74, 6) is -1.38. The number of carbonyl (C=O) groups excluding carboxylic acids is 3. The predicted molar refractivity (Wildman–Crippen MR) is 81.2 cm³/mol. The normalized spacial score (nSPS) is 11.6. The van der Waals surface area contributed by atoms with Gasteiger partial charge in [0.25, 0.3) is 5.91 Å². The van der Waals surface area contributed by atoms with Crippen LogP contribution >= 0.6 is 0 Å². The van der Waals surface area contributed by atoms with Crippen molar-refractivity contribution >= 4 is 23.3 Å². The third-order valence-electron chi connectivity index (χ3n) is 3.04. The van der Waals surface area contributed by atoms with Crippen LogP contribution in [0, 0.1) is 6.92 Å². The van der Waals surface area contributed by atoms with Gasteiger partial charge in [0, 0.05) is 17.3 Å². The van der Waals surface area contributed by atoms with Gasteiger partial charge < -0.3 is 14.6 Å². The molecule has 0 spiro atoms. The molecule has 0 fully saturated rings. The summed E-state index contributed by atoms with van der Waals surface area (Å²) in [6.45, 7) is 4.57. The molecule has 0 aliphatic heterocycles. The molecule has 0 radical (unpaired) electrons. The van der Waals surface area contributed by atoms with Gasteiger partial charge in [0.2, 0.25) is 5.76 Å². The zero-order valence-corrected chi connectivity index (χ0v) is 13.0. The minimum atomic E-state index is -1.01. The van der Waals surface area contributed by atoms with E-state index in [0.29, 0.717) is 16.9 Å². The lowest BCUT2D eigenvalue weighted by molar-refractivity contribution is -0.123. The number of hydrogen-bond acceptors (Lipinski definition) is 6. The Morgan fingerprint density at radius 3 is 2.39 bits per heavy atom. The predicted octanol–water partition coefficient (Wildman–Crippen LogP) is 2.37. The van der Waals surface area contributed by atoms with Gasteiger partial charge in [-0.05, 0) is 45.0 Å². The lowest BCUT2D eigenvalue weighted by Gasteiger charge is -2.12. The topological polar surface area (TPSA) is 98.5 Å². The zero-order valence-electron chi connectivity index (χ0n) is 13.0. The Morgan fingerprint density at radius 2 is 1.87 bits per heavy atom. The average molecular weight is 316 g/mol. The largest absolute Gasteiger partial charge is 0.447 e. The molecule has 1 N–H and O–H groups in total. The fraction of sp³-hybridized carbons (Fsp3) is 0.250. The summed E-state index contributed by atoms with van der Waals surface area (Å²) in [6, 6.07) is 7.83. The van der Waals surface area contributed by atoms with Crippen LogP contribution in [0.2, 0.25) is 0 Å². The van der Waals surface area contributed by atoms with Gasteiger partial charge in [0.1, 0.15) is 0 Å². The Kier molecular flexibility index (Phi) is 4.90. The molecule has 0 saturated heterocycles. The molecular weight excluding hydrogens is 300 g/mol. The first kappa shape index (κ1) is 16.4. The highest BCUT2D eigenvalue weighted by atomic mass is 16.6. The molecule has 0 unspecified atom stereocenters. The van der Waals surface area contributed by atoms with Gasteiger partial charge in [0.05, 0.1) is 5.69 Å². The number of ether oxygens (including phenoxy) is 1. The van der Waals surface area contributed by atoms with Gasteiger partial charge in [-0.15, -0.1) is 0 Å². The van der Waals surface area contributed by atoms with Gasteiger partial charge >= 0.3 is 5.97 Å². The SMILES string of the molecule is CC(=O)c1ccc(NC(=O)[C@@H](C)OC(=O)c2cc(C)no2)cc1. The average Bonchev–Trinajstić information content (AvgIpc) is 2.94. The first-order chi connectivity index (χ1) is 10.9.